The monoisotopic (exact) mass is 543 g/mol. The predicted molar refractivity (Wildman–Crippen MR) is 143 cm³/mol. The van der Waals surface area contributed by atoms with Gasteiger partial charge in [0.15, 0.2) is 17.2 Å². The van der Waals surface area contributed by atoms with Crippen molar-refractivity contribution in [1.82, 2.24) is 4.90 Å². The van der Waals surface area contributed by atoms with E-state index in [0.29, 0.717) is 29.4 Å². The molecule has 1 aliphatic rings. The molecule has 2 aromatic carbocycles. The quantitative estimate of drug-likeness (QED) is 0.277. The van der Waals surface area contributed by atoms with Crippen molar-refractivity contribution in [3.63, 3.8) is 0 Å². The van der Waals surface area contributed by atoms with E-state index in [1.165, 1.54) is 0 Å². The molecule has 1 saturated heterocycles. The second kappa shape index (κ2) is 12.0. The van der Waals surface area contributed by atoms with Crippen LogP contribution in [0.25, 0.3) is 10.4 Å². The van der Waals surface area contributed by atoms with Gasteiger partial charge in [0, 0.05) is 31.0 Å². The molecule has 1 aromatic heterocycles. The lowest BCUT2D eigenvalue weighted by Gasteiger charge is -2.32. The number of rotatable bonds is 9. The molecule has 0 saturated carbocycles. The number of anilines is 2. The lowest BCUT2D eigenvalue weighted by atomic mass is 9.97. The Hall–Kier alpha value is -3.76. The Bertz CT molecular complexity index is 1270. The number of aromatic carboxylic acids is 1. The summed E-state index contributed by atoms with van der Waals surface area (Å²) < 4.78 is 5.16. The Morgan fingerprint density at radius 3 is 2.41 bits per heavy atom. The number of urea groups is 1. The number of para-hydroxylation sites is 1. The van der Waals surface area contributed by atoms with E-state index in [0.717, 1.165) is 42.1 Å². The van der Waals surface area contributed by atoms with Crippen molar-refractivity contribution in [1.29, 1.82) is 0 Å². The van der Waals surface area contributed by atoms with Gasteiger partial charge >= 0.3 is 18.0 Å². The van der Waals surface area contributed by atoms with Crippen LogP contribution in [0.15, 0.2) is 54.6 Å². The largest absolute Gasteiger partial charge is 0.479 e. The summed E-state index contributed by atoms with van der Waals surface area (Å²) in [5, 5.41) is 24.8. The molecule has 0 unspecified atom stereocenters. The van der Waals surface area contributed by atoms with E-state index in [2.05, 4.69) is 10.6 Å². The van der Waals surface area contributed by atoms with Crippen molar-refractivity contribution in [2.75, 3.05) is 36.9 Å². The van der Waals surface area contributed by atoms with E-state index < -0.39 is 18.5 Å². The second-order valence-corrected chi connectivity index (χ2v) is 9.98. The highest BCUT2D eigenvalue weighted by Crippen LogP contribution is 2.45. The number of aliphatic carboxylic acids is 1. The lowest BCUT2D eigenvalue weighted by molar-refractivity contribution is -0.139. The number of likely N-dealkylation sites (tertiary alicyclic amines) is 1. The van der Waals surface area contributed by atoms with E-state index in [4.69, 9.17) is 21.4 Å². The first-order chi connectivity index (χ1) is 17.8. The molecule has 3 aromatic rings. The standard InChI is InChI=1S/C26H26ClN3O6S/c27-21-22(36-15-20(31)32)24(25(33)34)37-23(21)17-5-4-8-19(13-17)28-14-16-9-11-30(12-10-16)26(35)29-18-6-2-1-3-7-18/h1-8,13,16,28H,9-12,14-15H2,(H,29,35)(H,31,32)(H,33,34). The van der Waals surface area contributed by atoms with Crippen LogP contribution < -0.4 is 15.4 Å². The highest BCUT2D eigenvalue weighted by Gasteiger charge is 2.25. The van der Waals surface area contributed by atoms with E-state index in [-0.39, 0.29) is 21.7 Å². The fraction of sp³-hybridized carbons (Fsp3) is 0.269. The average Bonchev–Trinajstić information content (AvgIpc) is 3.23. The maximum Gasteiger partial charge on any atom is 0.349 e. The number of hydrogen-bond acceptors (Lipinski definition) is 6. The molecule has 0 atom stereocenters. The summed E-state index contributed by atoms with van der Waals surface area (Å²) in [5.41, 5.74) is 2.31. The summed E-state index contributed by atoms with van der Waals surface area (Å²) in [5.74, 6) is -2.21. The molecular weight excluding hydrogens is 518 g/mol. The number of hydrogen-bond donors (Lipinski definition) is 4. The van der Waals surface area contributed by atoms with Crippen LogP contribution >= 0.6 is 22.9 Å². The molecule has 0 spiro atoms. The van der Waals surface area contributed by atoms with Gasteiger partial charge in [0.1, 0.15) is 5.02 Å². The number of thiophene rings is 1. The van der Waals surface area contributed by atoms with Gasteiger partial charge in [-0.3, -0.25) is 0 Å². The van der Waals surface area contributed by atoms with Crippen LogP contribution in [0.4, 0.5) is 16.2 Å². The fourth-order valence-corrected chi connectivity index (χ4v) is 5.48. The van der Waals surface area contributed by atoms with Crippen molar-refractivity contribution in [3.05, 3.63) is 64.5 Å². The van der Waals surface area contributed by atoms with Crippen LogP contribution in [0.1, 0.15) is 22.5 Å². The van der Waals surface area contributed by atoms with E-state index in [9.17, 15) is 19.5 Å². The van der Waals surface area contributed by atoms with Crippen molar-refractivity contribution < 1.29 is 29.3 Å². The van der Waals surface area contributed by atoms with E-state index in [1.807, 2.05) is 53.4 Å². The zero-order valence-electron chi connectivity index (χ0n) is 19.8. The lowest BCUT2D eigenvalue weighted by Crippen LogP contribution is -2.42. The number of ether oxygens (including phenoxy) is 1. The van der Waals surface area contributed by atoms with Gasteiger partial charge in [-0.1, -0.05) is 41.9 Å². The topological polar surface area (TPSA) is 128 Å². The summed E-state index contributed by atoms with van der Waals surface area (Å²) in [6, 6.07) is 16.7. The van der Waals surface area contributed by atoms with Crippen LogP contribution in [0, 0.1) is 5.92 Å². The van der Waals surface area contributed by atoms with Crippen molar-refractivity contribution in [2.45, 2.75) is 12.8 Å². The molecule has 4 rings (SSSR count). The number of amides is 2. The molecule has 2 heterocycles. The molecule has 0 aliphatic carbocycles. The Labute approximate surface area is 222 Å². The summed E-state index contributed by atoms with van der Waals surface area (Å²) in [4.78, 5) is 37.2. The highest BCUT2D eigenvalue weighted by molar-refractivity contribution is 7.18. The maximum absolute atomic E-state index is 12.5. The van der Waals surface area contributed by atoms with Crippen LogP contribution in [0.3, 0.4) is 0 Å². The molecule has 2 amide bonds. The first-order valence-electron chi connectivity index (χ1n) is 11.7. The minimum Gasteiger partial charge on any atom is -0.479 e. The summed E-state index contributed by atoms with van der Waals surface area (Å²) in [7, 11) is 0. The van der Waals surface area contributed by atoms with E-state index in [1.54, 1.807) is 6.07 Å². The van der Waals surface area contributed by atoms with Gasteiger partial charge in [-0.2, -0.15) is 0 Å². The van der Waals surface area contributed by atoms with Crippen LogP contribution in [-0.4, -0.2) is 59.3 Å². The number of halogens is 1. The van der Waals surface area contributed by atoms with Crippen molar-refractivity contribution in [2.24, 2.45) is 5.92 Å². The molecule has 4 N–H and O–H groups in total. The maximum atomic E-state index is 12.5. The second-order valence-electron chi connectivity index (χ2n) is 8.58. The molecule has 37 heavy (non-hydrogen) atoms. The molecule has 194 valence electrons. The highest BCUT2D eigenvalue weighted by atomic mass is 35.5. The molecule has 1 fully saturated rings. The Morgan fingerprint density at radius 1 is 1.03 bits per heavy atom. The Morgan fingerprint density at radius 2 is 1.73 bits per heavy atom. The van der Waals surface area contributed by atoms with Gasteiger partial charge in [0.25, 0.3) is 0 Å². The minimum atomic E-state index is -1.24. The SMILES string of the molecule is O=C(O)COc1c(C(=O)O)sc(-c2cccc(NCC3CCN(C(=O)Nc4ccccc4)CC3)c2)c1Cl. The van der Waals surface area contributed by atoms with Gasteiger partial charge in [-0.05, 0) is 48.6 Å². The summed E-state index contributed by atoms with van der Waals surface area (Å²) in [6.07, 6.45) is 1.75. The molecule has 11 heteroatoms. The number of carboxylic acid groups (broad SMARTS) is 2. The third kappa shape index (κ3) is 6.72. The molecule has 1 aliphatic heterocycles. The Kier molecular flexibility index (Phi) is 8.52. The van der Waals surface area contributed by atoms with Gasteiger partial charge in [-0.25, -0.2) is 14.4 Å². The van der Waals surface area contributed by atoms with Crippen LogP contribution in [0.5, 0.6) is 5.75 Å². The number of carbonyl (C=O) groups is 3. The summed E-state index contributed by atoms with van der Waals surface area (Å²) >= 11 is 7.34. The number of nitrogens with one attached hydrogen (secondary N) is 2. The number of benzene rings is 2. The Balaban J connectivity index is 1.35. The predicted octanol–water partition coefficient (Wildman–Crippen LogP) is 5.59. The molecular formula is C26H26ClN3O6S. The summed E-state index contributed by atoms with van der Waals surface area (Å²) in [6.45, 7) is 1.38. The van der Waals surface area contributed by atoms with Crippen molar-refractivity contribution in [3.8, 4) is 16.2 Å². The van der Waals surface area contributed by atoms with Gasteiger partial charge < -0.3 is 30.5 Å². The number of piperidine rings is 1. The van der Waals surface area contributed by atoms with E-state index >= 15 is 0 Å². The van der Waals surface area contributed by atoms with Gasteiger partial charge in [-0.15, -0.1) is 11.3 Å². The van der Waals surface area contributed by atoms with Crippen LogP contribution in [0.2, 0.25) is 5.02 Å². The number of carboxylic acids is 2. The van der Waals surface area contributed by atoms with Crippen LogP contribution in [-0.2, 0) is 4.79 Å². The smallest absolute Gasteiger partial charge is 0.349 e. The third-order valence-corrected chi connectivity index (χ3v) is 7.67. The number of nitrogens with zero attached hydrogens (tertiary/aromatic N) is 1. The fourth-order valence-electron chi connectivity index (χ4n) is 4.08. The molecule has 0 bridgehead atoms. The zero-order valence-corrected chi connectivity index (χ0v) is 21.3. The number of carbonyl (C=O) groups excluding carboxylic acids is 1. The van der Waals surface area contributed by atoms with Crippen molar-refractivity contribution >= 4 is 52.3 Å². The molecule has 0 radical (unpaired) electrons. The molecule has 9 nitrogen and oxygen atoms in total. The minimum absolute atomic E-state index is 0.0713. The first kappa shape index (κ1) is 26.3. The third-order valence-electron chi connectivity index (χ3n) is 5.99. The average molecular weight is 544 g/mol. The van der Waals surface area contributed by atoms with Gasteiger partial charge in [0.2, 0.25) is 0 Å². The normalized spacial score (nSPS) is 13.7. The first-order valence-corrected chi connectivity index (χ1v) is 12.9. The zero-order chi connectivity index (χ0) is 26.4. The van der Waals surface area contributed by atoms with Gasteiger partial charge in [0.05, 0.1) is 4.88 Å².